The molecule has 0 unspecified atom stereocenters. The van der Waals surface area contributed by atoms with Gasteiger partial charge < -0.3 is 19.2 Å². The van der Waals surface area contributed by atoms with E-state index in [9.17, 15) is 9.59 Å². The van der Waals surface area contributed by atoms with Gasteiger partial charge in [-0.2, -0.15) is 0 Å². The number of amides is 1. The quantitative estimate of drug-likeness (QED) is 0.912. The second-order valence-electron chi connectivity index (χ2n) is 5.72. The number of benzene rings is 1. The maximum atomic E-state index is 12.4. The molecule has 0 saturated carbocycles. The number of morpholine rings is 1. The largest absolute Gasteiger partial charge is 0.478 e. The molecule has 1 fully saturated rings. The molecule has 1 aromatic carbocycles. The monoisotopic (exact) mass is 329 g/mol. The first-order valence-electron chi connectivity index (χ1n) is 7.88. The standard InChI is InChI=1S/C18H19NO5/c20-17(8-5-13-3-6-14(7-4-13)18(21)22)19-9-11-24-16(12-19)15-2-1-10-23-15/h1-4,6-7,10,16H,5,8-9,11-12H2,(H,21,22)/t16-/m0/s1. The van der Waals surface area contributed by atoms with Gasteiger partial charge in [-0.25, -0.2) is 4.79 Å². The van der Waals surface area contributed by atoms with Crippen LogP contribution in [0.4, 0.5) is 0 Å². The highest BCUT2D eigenvalue weighted by Crippen LogP contribution is 2.23. The lowest BCUT2D eigenvalue weighted by Crippen LogP contribution is -2.42. The molecule has 1 aromatic heterocycles. The van der Waals surface area contributed by atoms with E-state index >= 15 is 0 Å². The van der Waals surface area contributed by atoms with Crippen LogP contribution in [0.5, 0.6) is 0 Å². The summed E-state index contributed by atoms with van der Waals surface area (Å²) in [4.78, 5) is 25.0. The number of rotatable bonds is 5. The summed E-state index contributed by atoms with van der Waals surface area (Å²) in [7, 11) is 0. The van der Waals surface area contributed by atoms with Crippen molar-refractivity contribution in [1.29, 1.82) is 0 Å². The van der Waals surface area contributed by atoms with Gasteiger partial charge in [-0.15, -0.1) is 0 Å². The molecule has 1 saturated heterocycles. The highest BCUT2D eigenvalue weighted by atomic mass is 16.5. The number of hydrogen-bond donors (Lipinski definition) is 1. The summed E-state index contributed by atoms with van der Waals surface area (Å²) in [5.74, 6) is -0.149. The molecule has 126 valence electrons. The average Bonchev–Trinajstić information content (AvgIpc) is 3.15. The maximum absolute atomic E-state index is 12.4. The number of ether oxygens (including phenoxy) is 1. The summed E-state index contributed by atoms with van der Waals surface area (Å²) in [6, 6.07) is 10.3. The van der Waals surface area contributed by atoms with E-state index in [2.05, 4.69) is 0 Å². The molecule has 0 spiro atoms. The van der Waals surface area contributed by atoms with E-state index in [1.807, 2.05) is 6.07 Å². The molecule has 1 amide bonds. The number of carboxylic acids is 1. The van der Waals surface area contributed by atoms with Crippen molar-refractivity contribution < 1.29 is 23.8 Å². The SMILES string of the molecule is O=C(O)c1ccc(CCC(=O)N2CCO[C@H](c3ccco3)C2)cc1. The van der Waals surface area contributed by atoms with Gasteiger partial charge in [0.15, 0.2) is 0 Å². The summed E-state index contributed by atoms with van der Waals surface area (Å²) in [5, 5.41) is 8.89. The van der Waals surface area contributed by atoms with Crippen LogP contribution in [0.25, 0.3) is 0 Å². The third-order valence-electron chi connectivity index (χ3n) is 4.11. The first kappa shape index (κ1) is 16.3. The van der Waals surface area contributed by atoms with Gasteiger partial charge in [0.05, 0.1) is 25.0 Å². The first-order chi connectivity index (χ1) is 11.6. The van der Waals surface area contributed by atoms with Gasteiger partial charge in [-0.1, -0.05) is 12.1 Å². The normalized spacial score (nSPS) is 17.7. The van der Waals surface area contributed by atoms with Crippen molar-refractivity contribution in [2.45, 2.75) is 18.9 Å². The van der Waals surface area contributed by atoms with Crippen LogP contribution in [0.1, 0.15) is 34.2 Å². The average molecular weight is 329 g/mol. The molecule has 2 aromatic rings. The number of aryl methyl sites for hydroxylation is 1. The number of carboxylic acid groups (broad SMARTS) is 1. The smallest absolute Gasteiger partial charge is 0.335 e. The molecule has 1 aliphatic heterocycles. The van der Waals surface area contributed by atoms with Gasteiger partial charge in [0.25, 0.3) is 0 Å². The van der Waals surface area contributed by atoms with Crippen LogP contribution in [-0.2, 0) is 16.0 Å². The van der Waals surface area contributed by atoms with Gasteiger partial charge in [0, 0.05) is 13.0 Å². The van der Waals surface area contributed by atoms with Crippen LogP contribution in [0.2, 0.25) is 0 Å². The zero-order valence-corrected chi connectivity index (χ0v) is 13.2. The Morgan fingerprint density at radius 1 is 1.21 bits per heavy atom. The summed E-state index contributed by atoms with van der Waals surface area (Å²) in [6.45, 7) is 1.56. The molecule has 3 rings (SSSR count). The molecular weight excluding hydrogens is 310 g/mol. The second-order valence-corrected chi connectivity index (χ2v) is 5.72. The van der Waals surface area contributed by atoms with Gasteiger partial charge in [0.2, 0.25) is 5.91 Å². The maximum Gasteiger partial charge on any atom is 0.335 e. The molecule has 1 N–H and O–H groups in total. The lowest BCUT2D eigenvalue weighted by molar-refractivity contribution is -0.139. The molecule has 0 radical (unpaired) electrons. The van der Waals surface area contributed by atoms with Crippen molar-refractivity contribution in [3.63, 3.8) is 0 Å². The summed E-state index contributed by atoms with van der Waals surface area (Å²) >= 11 is 0. The summed E-state index contributed by atoms with van der Waals surface area (Å²) < 4.78 is 11.0. The summed E-state index contributed by atoms with van der Waals surface area (Å²) in [6.07, 6.45) is 2.35. The number of hydrogen-bond acceptors (Lipinski definition) is 4. The van der Waals surface area contributed by atoms with Crippen LogP contribution in [0, 0.1) is 0 Å². The minimum atomic E-state index is -0.949. The van der Waals surface area contributed by atoms with Crippen LogP contribution in [0.3, 0.4) is 0 Å². The van der Waals surface area contributed by atoms with Crippen LogP contribution in [-0.4, -0.2) is 41.6 Å². The number of nitrogens with zero attached hydrogens (tertiary/aromatic N) is 1. The van der Waals surface area contributed by atoms with Crippen molar-refractivity contribution in [3.05, 3.63) is 59.5 Å². The van der Waals surface area contributed by atoms with Gasteiger partial charge in [0.1, 0.15) is 11.9 Å². The number of aromatic carboxylic acids is 1. The summed E-state index contributed by atoms with van der Waals surface area (Å²) in [5.41, 5.74) is 1.20. The van der Waals surface area contributed by atoms with Gasteiger partial charge >= 0.3 is 5.97 Å². The van der Waals surface area contributed by atoms with Crippen LogP contribution >= 0.6 is 0 Å². The topological polar surface area (TPSA) is 80.0 Å². The highest BCUT2D eigenvalue weighted by Gasteiger charge is 2.26. The lowest BCUT2D eigenvalue weighted by atomic mass is 10.1. The minimum Gasteiger partial charge on any atom is -0.478 e. The van der Waals surface area contributed by atoms with E-state index in [0.29, 0.717) is 32.5 Å². The van der Waals surface area contributed by atoms with E-state index in [-0.39, 0.29) is 17.6 Å². The van der Waals surface area contributed by atoms with E-state index in [0.717, 1.165) is 11.3 Å². The lowest BCUT2D eigenvalue weighted by Gasteiger charge is -2.32. The van der Waals surface area contributed by atoms with Crippen molar-refractivity contribution in [1.82, 2.24) is 4.90 Å². The Labute approximate surface area is 139 Å². The van der Waals surface area contributed by atoms with Gasteiger partial charge in [-0.3, -0.25) is 4.79 Å². The second kappa shape index (κ2) is 7.31. The van der Waals surface area contributed by atoms with E-state index in [1.165, 1.54) is 0 Å². The van der Waals surface area contributed by atoms with Crippen molar-refractivity contribution in [2.24, 2.45) is 0 Å². The number of carbonyl (C=O) groups excluding carboxylic acids is 1. The Hall–Kier alpha value is -2.60. The molecule has 2 heterocycles. The predicted molar refractivity (Wildman–Crippen MR) is 85.7 cm³/mol. The Morgan fingerprint density at radius 3 is 2.67 bits per heavy atom. The molecule has 1 atom stereocenters. The molecule has 0 bridgehead atoms. The van der Waals surface area contributed by atoms with E-state index < -0.39 is 5.97 Å². The fraction of sp³-hybridized carbons (Fsp3) is 0.333. The third kappa shape index (κ3) is 3.83. The molecule has 0 aliphatic carbocycles. The molecule has 6 heteroatoms. The Bertz CT molecular complexity index is 693. The van der Waals surface area contributed by atoms with Crippen LogP contribution in [0.15, 0.2) is 47.1 Å². The molecule has 6 nitrogen and oxygen atoms in total. The zero-order valence-electron chi connectivity index (χ0n) is 13.2. The predicted octanol–water partition coefficient (Wildman–Crippen LogP) is 2.51. The minimum absolute atomic E-state index is 0.0668. The fourth-order valence-electron chi connectivity index (χ4n) is 2.75. The van der Waals surface area contributed by atoms with E-state index in [4.69, 9.17) is 14.3 Å². The fourth-order valence-corrected chi connectivity index (χ4v) is 2.75. The number of carbonyl (C=O) groups is 2. The third-order valence-corrected chi connectivity index (χ3v) is 4.11. The van der Waals surface area contributed by atoms with Gasteiger partial charge in [-0.05, 0) is 36.2 Å². The van der Waals surface area contributed by atoms with Crippen molar-refractivity contribution in [2.75, 3.05) is 19.7 Å². The Balaban J connectivity index is 1.53. The number of furan rings is 1. The van der Waals surface area contributed by atoms with E-state index in [1.54, 1.807) is 41.5 Å². The highest BCUT2D eigenvalue weighted by molar-refractivity contribution is 5.87. The Morgan fingerprint density at radius 2 is 2.00 bits per heavy atom. The molecular formula is C18H19NO5. The van der Waals surface area contributed by atoms with Crippen LogP contribution < -0.4 is 0 Å². The Kier molecular flexibility index (Phi) is 4.96. The van der Waals surface area contributed by atoms with Crippen molar-refractivity contribution in [3.8, 4) is 0 Å². The zero-order chi connectivity index (χ0) is 16.9. The molecule has 1 aliphatic rings. The van der Waals surface area contributed by atoms with Crippen molar-refractivity contribution >= 4 is 11.9 Å². The first-order valence-corrected chi connectivity index (χ1v) is 7.88. The molecule has 24 heavy (non-hydrogen) atoms.